The Morgan fingerprint density at radius 3 is 2.54 bits per heavy atom. The number of sulfone groups is 1. The molecule has 0 fully saturated rings. The van der Waals surface area contributed by atoms with Gasteiger partial charge in [-0.25, -0.2) is 8.42 Å². The zero-order valence-electron chi connectivity index (χ0n) is 13.2. The number of ether oxygens (including phenoxy) is 1. The van der Waals surface area contributed by atoms with Crippen LogP contribution in [0.25, 0.3) is 0 Å². The minimum absolute atomic E-state index is 0.0895. The van der Waals surface area contributed by atoms with Crippen LogP contribution in [0.2, 0.25) is 5.02 Å². The van der Waals surface area contributed by atoms with Crippen LogP contribution in [0.3, 0.4) is 0 Å². The highest BCUT2D eigenvalue weighted by atomic mass is 35.5. The Morgan fingerprint density at radius 2 is 1.88 bits per heavy atom. The van der Waals surface area contributed by atoms with Crippen molar-refractivity contribution in [3.8, 4) is 5.75 Å². The van der Waals surface area contributed by atoms with Gasteiger partial charge in [-0.15, -0.1) is 0 Å². The van der Waals surface area contributed by atoms with Gasteiger partial charge in [0, 0.05) is 16.8 Å². The molecule has 0 spiro atoms. The van der Waals surface area contributed by atoms with Crippen molar-refractivity contribution in [3.63, 3.8) is 0 Å². The molecule has 0 atom stereocenters. The molecule has 5 nitrogen and oxygen atoms in total. The lowest BCUT2D eigenvalue weighted by molar-refractivity contribution is 0.0947. The van der Waals surface area contributed by atoms with E-state index in [1.807, 2.05) is 0 Å². The second-order valence-corrected chi connectivity index (χ2v) is 7.91. The number of carbonyl (C=O) groups excluding carboxylic acids is 1. The summed E-state index contributed by atoms with van der Waals surface area (Å²) in [5, 5.41) is 3.36. The average Bonchev–Trinajstić information content (AvgIpc) is 2.51. The van der Waals surface area contributed by atoms with Gasteiger partial charge in [-0.05, 0) is 42.0 Å². The first-order chi connectivity index (χ1) is 11.3. The van der Waals surface area contributed by atoms with Crippen molar-refractivity contribution >= 4 is 27.3 Å². The van der Waals surface area contributed by atoms with E-state index in [1.165, 1.54) is 0 Å². The van der Waals surface area contributed by atoms with Gasteiger partial charge in [0.05, 0.1) is 12.3 Å². The summed E-state index contributed by atoms with van der Waals surface area (Å²) in [6.45, 7) is 0.647. The van der Waals surface area contributed by atoms with Gasteiger partial charge in [0.25, 0.3) is 5.91 Å². The lowest BCUT2D eigenvalue weighted by Gasteiger charge is -2.08. The smallest absolute Gasteiger partial charge is 0.251 e. The molecule has 2 rings (SSSR count). The van der Waals surface area contributed by atoms with Crippen molar-refractivity contribution in [1.82, 2.24) is 5.32 Å². The van der Waals surface area contributed by atoms with E-state index in [0.717, 1.165) is 6.26 Å². The summed E-state index contributed by atoms with van der Waals surface area (Å²) in [4.78, 5) is 12.1. The maximum absolute atomic E-state index is 12.1. The van der Waals surface area contributed by atoms with Crippen LogP contribution in [0, 0.1) is 0 Å². The van der Waals surface area contributed by atoms with Gasteiger partial charge >= 0.3 is 0 Å². The third-order valence-electron chi connectivity index (χ3n) is 3.09. The van der Waals surface area contributed by atoms with Crippen LogP contribution in [0.5, 0.6) is 5.75 Å². The monoisotopic (exact) mass is 367 g/mol. The van der Waals surface area contributed by atoms with Crippen LogP contribution in [0.1, 0.15) is 15.9 Å². The van der Waals surface area contributed by atoms with E-state index in [0.29, 0.717) is 35.1 Å². The van der Waals surface area contributed by atoms with Crippen molar-refractivity contribution in [2.75, 3.05) is 19.4 Å². The molecule has 1 N–H and O–H groups in total. The number of carbonyl (C=O) groups is 1. The second-order valence-electron chi connectivity index (χ2n) is 5.33. The zero-order valence-corrected chi connectivity index (χ0v) is 14.7. The Balaban J connectivity index is 1.84. The SMILES string of the molecule is CS(=O)(=O)Cc1cccc(C(=O)NCCOc2ccc(Cl)cc2)c1. The molecule has 0 unspecified atom stereocenters. The van der Waals surface area contributed by atoms with Crippen molar-refractivity contribution in [2.45, 2.75) is 5.75 Å². The molecule has 128 valence electrons. The molecular formula is C17H18ClNO4S. The van der Waals surface area contributed by atoms with Crippen LogP contribution in [-0.2, 0) is 15.6 Å². The number of hydrogen-bond acceptors (Lipinski definition) is 4. The van der Waals surface area contributed by atoms with Crippen LogP contribution < -0.4 is 10.1 Å². The summed E-state index contributed by atoms with van der Waals surface area (Å²) >= 11 is 5.78. The summed E-state index contributed by atoms with van der Waals surface area (Å²) < 4.78 is 28.1. The Morgan fingerprint density at radius 1 is 1.17 bits per heavy atom. The van der Waals surface area contributed by atoms with Gasteiger partial charge in [-0.1, -0.05) is 23.7 Å². The first-order valence-electron chi connectivity index (χ1n) is 7.27. The van der Waals surface area contributed by atoms with E-state index >= 15 is 0 Å². The van der Waals surface area contributed by atoms with Crippen LogP contribution in [-0.4, -0.2) is 33.7 Å². The number of nitrogens with one attached hydrogen (secondary N) is 1. The molecule has 0 saturated carbocycles. The first kappa shape index (κ1) is 18.3. The van der Waals surface area contributed by atoms with Gasteiger partial charge in [0.1, 0.15) is 12.4 Å². The first-order valence-corrected chi connectivity index (χ1v) is 9.70. The van der Waals surface area contributed by atoms with E-state index in [-0.39, 0.29) is 11.7 Å². The van der Waals surface area contributed by atoms with E-state index in [2.05, 4.69) is 5.32 Å². The molecular weight excluding hydrogens is 350 g/mol. The average molecular weight is 368 g/mol. The number of benzene rings is 2. The van der Waals surface area contributed by atoms with E-state index < -0.39 is 9.84 Å². The zero-order chi connectivity index (χ0) is 17.6. The summed E-state index contributed by atoms with van der Waals surface area (Å²) in [6, 6.07) is 13.5. The number of amides is 1. The summed E-state index contributed by atoms with van der Waals surface area (Å²) in [6.07, 6.45) is 1.16. The number of halogens is 1. The van der Waals surface area contributed by atoms with Crippen molar-refractivity contribution in [3.05, 3.63) is 64.7 Å². The van der Waals surface area contributed by atoms with E-state index in [9.17, 15) is 13.2 Å². The predicted octanol–water partition coefficient (Wildman–Crippen LogP) is 2.69. The highest BCUT2D eigenvalue weighted by Gasteiger charge is 2.09. The lowest BCUT2D eigenvalue weighted by atomic mass is 10.1. The minimum atomic E-state index is -3.14. The molecule has 0 heterocycles. The Bertz CT molecular complexity index is 804. The van der Waals surface area contributed by atoms with E-state index in [1.54, 1.807) is 48.5 Å². The molecule has 2 aromatic rings. The fourth-order valence-corrected chi connectivity index (χ4v) is 2.98. The molecule has 0 aliphatic heterocycles. The molecule has 0 aliphatic carbocycles. The molecule has 0 radical (unpaired) electrons. The van der Waals surface area contributed by atoms with Gasteiger partial charge in [0.15, 0.2) is 9.84 Å². The van der Waals surface area contributed by atoms with E-state index in [4.69, 9.17) is 16.3 Å². The number of hydrogen-bond donors (Lipinski definition) is 1. The Labute approximate surface area is 146 Å². The third-order valence-corrected chi connectivity index (χ3v) is 4.20. The highest BCUT2D eigenvalue weighted by molar-refractivity contribution is 7.89. The third kappa shape index (κ3) is 6.22. The normalized spacial score (nSPS) is 11.1. The maximum atomic E-state index is 12.1. The largest absolute Gasteiger partial charge is 0.492 e. The Kier molecular flexibility index (Phi) is 6.23. The molecule has 0 aliphatic rings. The molecule has 0 aromatic heterocycles. The quantitative estimate of drug-likeness (QED) is 0.764. The fourth-order valence-electron chi connectivity index (χ4n) is 2.07. The van der Waals surface area contributed by atoms with Crippen molar-refractivity contribution in [1.29, 1.82) is 0 Å². The molecule has 24 heavy (non-hydrogen) atoms. The van der Waals surface area contributed by atoms with Crippen LogP contribution in [0.15, 0.2) is 48.5 Å². The maximum Gasteiger partial charge on any atom is 0.251 e. The molecule has 0 saturated heterocycles. The Hall–Kier alpha value is -2.05. The topological polar surface area (TPSA) is 72.5 Å². The van der Waals surface area contributed by atoms with Crippen LogP contribution in [0.4, 0.5) is 0 Å². The molecule has 0 bridgehead atoms. The summed E-state index contributed by atoms with van der Waals surface area (Å²) in [5.74, 6) is 0.308. The molecule has 1 amide bonds. The van der Waals surface area contributed by atoms with Gasteiger partial charge in [-0.3, -0.25) is 4.79 Å². The van der Waals surface area contributed by atoms with Gasteiger partial charge < -0.3 is 10.1 Å². The summed E-state index contributed by atoms with van der Waals surface area (Å²) in [7, 11) is -3.14. The van der Waals surface area contributed by atoms with Gasteiger partial charge in [0.2, 0.25) is 0 Å². The standard InChI is InChI=1S/C17H18ClNO4S/c1-24(21,22)12-13-3-2-4-14(11-13)17(20)19-9-10-23-16-7-5-15(18)6-8-16/h2-8,11H,9-10,12H2,1H3,(H,19,20). The lowest BCUT2D eigenvalue weighted by Crippen LogP contribution is -2.28. The predicted molar refractivity (Wildman–Crippen MR) is 94.3 cm³/mol. The molecule has 2 aromatic carbocycles. The second kappa shape index (κ2) is 8.17. The molecule has 7 heteroatoms. The van der Waals surface area contributed by atoms with Crippen molar-refractivity contribution < 1.29 is 17.9 Å². The van der Waals surface area contributed by atoms with Crippen molar-refractivity contribution in [2.24, 2.45) is 0 Å². The van der Waals surface area contributed by atoms with Gasteiger partial charge in [-0.2, -0.15) is 0 Å². The highest BCUT2D eigenvalue weighted by Crippen LogP contribution is 2.15. The fraction of sp³-hybridized carbons (Fsp3) is 0.235. The minimum Gasteiger partial charge on any atom is -0.492 e. The number of rotatable bonds is 7. The summed E-state index contributed by atoms with van der Waals surface area (Å²) in [5.41, 5.74) is 1.00. The van der Waals surface area contributed by atoms with Crippen LogP contribution >= 0.6 is 11.6 Å².